The number of carbonyl (C=O) groups is 2. The van der Waals surface area contributed by atoms with Gasteiger partial charge in [0.1, 0.15) is 12.2 Å². The fraction of sp³-hybridized carbons (Fsp3) is 0.231. The summed E-state index contributed by atoms with van der Waals surface area (Å²) >= 11 is 5.81. The molecule has 0 saturated carbocycles. The fourth-order valence-corrected chi connectivity index (χ4v) is 1.83. The highest BCUT2D eigenvalue weighted by molar-refractivity contribution is 6.30. The van der Waals surface area contributed by atoms with Gasteiger partial charge < -0.3 is 10.2 Å². The first-order chi connectivity index (χ1) is 10.1. The van der Waals surface area contributed by atoms with Crippen molar-refractivity contribution in [3.8, 4) is 0 Å². The number of benzene rings is 1. The van der Waals surface area contributed by atoms with E-state index in [1.807, 2.05) is 0 Å². The molecule has 0 atom stereocenters. The molecule has 0 spiro atoms. The lowest BCUT2D eigenvalue weighted by Gasteiger charge is -2.15. The van der Waals surface area contributed by atoms with Gasteiger partial charge in [0.15, 0.2) is 0 Å². The van der Waals surface area contributed by atoms with Gasteiger partial charge in [-0.15, -0.1) is 0 Å². The fourth-order valence-electron chi connectivity index (χ4n) is 1.64. The number of amides is 2. The van der Waals surface area contributed by atoms with Crippen molar-refractivity contribution in [1.82, 2.24) is 25.4 Å². The van der Waals surface area contributed by atoms with Crippen molar-refractivity contribution < 1.29 is 9.59 Å². The number of likely N-dealkylation sites (N-methyl/N-ethyl adjacent to an activating group) is 1. The Labute approximate surface area is 126 Å². The van der Waals surface area contributed by atoms with E-state index in [1.165, 1.54) is 11.2 Å². The molecule has 0 unspecified atom stereocenters. The Kier molecular flexibility index (Phi) is 4.89. The van der Waals surface area contributed by atoms with Gasteiger partial charge in [0.25, 0.3) is 5.91 Å². The third kappa shape index (κ3) is 4.28. The molecule has 0 bridgehead atoms. The predicted molar refractivity (Wildman–Crippen MR) is 76.6 cm³/mol. The van der Waals surface area contributed by atoms with Crippen molar-refractivity contribution in [2.45, 2.75) is 6.54 Å². The van der Waals surface area contributed by atoms with Gasteiger partial charge in [0, 0.05) is 17.6 Å². The third-order valence-electron chi connectivity index (χ3n) is 2.76. The Balaban J connectivity index is 1.84. The normalized spacial score (nSPS) is 10.2. The summed E-state index contributed by atoms with van der Waals surface area (Å²) in [4.78, 5) is 29.1. The van der Waals surface area contributed by atoms with Crippen molar-refractivity contribution in [3.63, 3.8) is 0 Å². The van der Waals surface area contributed by atoms with Gasteiger partial charge in [-0.05, 0) is 18.2 Å². The Morgan fingerprint density at radius 2 is 2.24 bits per heavy atom. The van der Waals surface area contributed by atoms with Crippen molar-refractivity contribution in [1.29, 1.82) is 0 Å². The zero-order valence-corrected chi connectivity index (χ0v) is 12.1. The summed E-state index contributed by atoms with van der Waals surface area (Å²) < 4.78 is 0. The molecule has 1 heterocycles. The molecule has 0 aliphatic heterocycles. The van der Waals surface area contributed by atoms with Gasteiger partial charge in [-0.2, -0.15) is 5.10 Å². The monoisotopic (exact) mass is 307 g/mol. The van der Waals surface area contributed by atoms with E-state index in [1.54, 1.807) is 31.3 Å². The molecule has 2 rings (SSSR count). The molecule has 0 saturated heterocycles. The number of carbonyl (C=O) groups excluding carboxylic acids is 2. The molecule has 21 heavy (non-hydrogen) atoms. The number of hydrogen-bond donors (Lipinski definition) is 2. The average molecular weight is 308 g/mol. The van der Waals surface area contributed by atoms with Crippen LogP contribution in [0.1, 0.15) is 16.2 Å². The Bertz CT molecular complexity index is 629. The minimum Gasteiger partial charge on any atom is -0.343 e. The maximum Gasteiger partial charge on any atom is 0.251 e. The number of halogens is 1. The van der Waals surface area contributed by atoms with E-state index < -0.39 is 0 Å². The summed E-state index contributed by atoms with van der Waals surface area (Å²) in [6.07, 6.45) is 1.37. The summed E-state index contributed by atoms with van der Waals surface area (Å²) in [7, 11) is 1.62. The van der Waals surface area contributed by atoms with Gasteiger partial charge >= 0.3 is 0 Å². The maximum atomic E-state index is 11.9. The summed E-state index contributed by atoms with van der Waals surface area (Å²) in [6, 6.07) is 6.52. The molecule has 0 aliphatic rings. The highest BCUT2D eigenvalue weighted by atomic mass is 35.5. The molecule has 1 aromatic carbocycles. The van der Waals surface area contributed by atoms with Crippen LogP contribution in [0.25, 0.3) is 0 Å². The van der Waals surface area contributed by atoms with Gasteiger partial charge in [-0.1, -0.05) is 17.7 Å². The second kappa shape index (κ2) is 6.85. The SMILES string of the molecule is CN(Cc1ncn[nH]1)C(=O)CNC(=O)c1cccc(Cl)c1. The van der Waals surface area contributed by atoms with Crippen LogP contribution in [0, 0.1) is 0 Å². The summed E-state index contributed by atoms with van der Waals surface area (Å²) in [6.45, 7) is 0.196. The van der Waals surface area contributed by atoms with E-state index >= 15 is 0 Å². The zero-order chi connectivity index (χ0) is 15.2. The van der Waals surface area contributed by atoms with Gasteiger partial charge in [-0.25, -0.2) is 4.98 Å². The van der Waals surface area contributed by atoms with Crippen LogP contribution in [-0.2, 0) is 11.3 Å². The predicted octanol–water partition coefficient (Wildman–Crippen LogP) is 0.846. The number of nitrogens with one attached hydrogen (secondary N) is 2. The number of hydrogen-bond acceptors (Lipinski definition) is 4. The topological polar surface area (TPSA) is 91.0 Å². The third-order valence-corrected chi connectivity index (χ3v) is 3.00. The van der Waals surface area contributed by atoms with Crippen LogP contribution in [0.2, 0.25) is 5.02 Å². The average Bonchev–Trinajstić information content (AvgIpc) is 2.97. The minimum absolute atomic E-state index is 0.101. The first kappa shape index (κ1) is 15.0. The molecule has 0 aliphatic carbocycles. The number of aromatic nitrogens is 3. The van der Waals surface area contributed by atoms with E-state index in [2.05, 4.69) is 20.5 Å². The smallest absolute Gasteiger partial charge is 0.251 e. The molecule has 8 heteroatoms. The first-order valence-electron chi connectivity index (χ1n) is 6.18. The second-order valence-electron chi connectivity index (χ2n) is 4.37. The van der Waals surface area contributed by atoms with Gasteiger partial charge in [0.2, 0.25) is 5.91 Å². The van der Waals surface area contributed by atoms with Crippen LogP contribution in [-0.4, -0.2) is 45.5 Å². The van der Waals surface area contributed by atoms with Crippen LogP contribution in [0.3, 0.4) is 0 Å². The minimum atomic E-state index is -0.348. The van der Waals surface area contributed by atoms with E-state index in [0.717, 1.165) is 0 Å². The number of aromatic amines is 1. The summed E-state index contributed by atoms with van der Waals surface area (Å²) in [5.41, 5.74) is 0.410. The quantitative estimate of drug-likeness (QED) is 0.856. The van der Waals surface area contributed by atoms with Crippen LogP contribution >= 0.6 is 11.6 Å². The molecule has 2 amide bonds. The molecule has 110 valence electrons. The number of nitrogens with zero attached hydrogens (tertiary/aromatic N) is 3. The Hall–Kier alpha value is -2.41. The van der Waals surface area contributed by atoms with E-state index in [-0.39, 0.29) is 18.4 Å². The summed E-state index contributed by atoms with van der Waals surface area (Å²) in [5, 5.41) is 9.38. The molecule has 0 radical (unpaired) electrons. The molecular weight excluding hydrogens is 294 g/mol. The molecule has 7 nitrogen and oxygen atoms in total. The van der Waals surface area contributed by atoms with Crippen LogP contribution in [0.5, 0.6) is 0 Å². The van der Waals surface area contributed by atoms with Gasteiger partial charge in [0.05, 0.1) is 13.1 Å². The lowest BCUT2D eigenvalue weighted by atomic mass is 10.2. The van der Waals surface area contributed by atoms with E-state index in [9.17, 15) is 9.59 Å². The Morgan fingerprint density at radius 3 is 2.90 bits per heavy atom. The summed E-state index contributed by atoms with van der Waals surface area (Å²) in [5.74, 6) is -0.00675. The van der Waals surface area contributed by atoms with Crippen molar-refractivity contribution in [2.24, 2.45) is 0 Å². The van der Waals surface area contributed by atoms with E-state index in [4.69, 9.17) is 11.6 Å². The highest BCUT2D eigenvalue weighted by Gasteiger charge is 2.13. The van der Waals surface area contributed by atoms with Crippen LogP contribution in [0.4, 0.5) is 0 Å². The van der Waals surface area contributed by atoms with Crippen LogP contribution in [0.15, 0.2) is 30.6 Å². The Morgan fingerprint density at radius 1 is 1.43 bits per heavy atom. The highest BCUT2D eigenvalue weighted by Crippen LogP contribution is 2.10. The lowest BCUT2D eigenvalue weighted by molar-refractivity contribution is -0.129. The van der Waals surface area contributed by atoms with Crippen molar-refractivity contribution >= 4 is 23.4 Å². The number of H-pyrrole nitrogens is 1. The molecule has 2 aromatic rings. The first-order valence-corrected chi connectivity index (χ1v) is 6.56. The lowest BCUT2D eigenvalue weighted by Crippen LogP contribution is -2.38. The molecule has 0 fully saturated rings. The molecular formula is C13H14ClN5O2. The molecule has 2 N–H and O–H groups in total. The van der Waals surface area contributed by atoms with Crippen molar-refractivity contribution in [2.75, 3.05) is 13.6 Å². The van der Waals surface area contributed by atoms with Gasteiger partial charge in [-0.3, -0.25) is 14.7 Å². The largest absolute Gasteiger partial charge is 0.343 e. The van der Waals surface area contributed by atoms with E-state index in [0.29, 0.717) is 23.0 Å². The standard InChI is InChI=1S/C13H14ClN5O2/c1-19(7-11-16-8-17-18-11)12(20)6-15-13(21)9-3-2-4-10(14)5-9/h2-5,8H,6-7H2,1H3,(H,15,21)(H,16,17,18). The molecule has 1 aromatic heterocycles. The number of rotatable bonds is 5. The second-order valence-corrected chi connectivity index (χ2v) is 4.81. The van der Waals surface area contributed by atoms with Crippen molar-refractivity contribution in [3.05, 3.63) is 47.0 Å². The maximum absolute atomic E-state index is 11.9. The zero-order valence-electron chi connectivity index (χ0n) is 11.3. The van der Waals surface area contributed by atoms with Crippen LogP contribution < -0.4 is 5.32 Å².